The highest BCUT2D eigenvalue weighted by molar-refractivity contribution is 5.95. The predicted molar refractivity (Wildman–Crippen MR) is 68.4 cm³/mol. The summed E-state index contributed by atoms with van der Waals surface area (Å²) >= 11 is 0. The summed E-state index contributed by atoms with van der Waals surface area (Å²) in [5, 5.41) is 5.41. The Kier molecular flexibility index (Phi) is 3.82. The van der Waals surface area contributed by atoms with Crippen molar-refractivity contribution >= 4 is 23.4 Å². The Morgan fingerprint density at radius 1 is 1.28 bits per heavy atom. The van der Waals surface area contributed by atoms with Crippen LogP contribution >= 0.6 is 0 Å². The quantitative estimate of drug-likeness (QED) is 0.860. The van der Waals surface area contributed by atoms with Crippen LogP contribution in [0.5, 0.6) is 0 Å². The third kappa shape index (κ3) is 3.48. The molecule has 5 nitrogen and oxygen atoms in total. The Morgan fingerprint density at radius 2 is 1.94 bits per heavy atom. The highest BCUT2D eigenvalue weighted by Gasteiger charge is 2.29. The van der Waals surface area contributed by atoms with E-state index in [1.54, 1.807) is 31.2 Å². The molecule has 0 spiro atoms. The maximum Gasteiger partial charge on any atom is 0.411 e. The van der Waals surface area contributed by atoms with Crippen molar-refractivity contribution in [3.63, 3.8) is 0 Å². The van der Waals surface area contributed by atoms with Crippen LogP contribution in [0.15, 0.2) is 24.3 Å². The van der Waals surface area contributed by atoms with E-state index in [9.17, 15) is 9.59 Å². The van der Waals surface area contributed by atoms with E-state index in [4.69, 9.17) is 4.74 Å². The van der Waals surface area contributed by atoms with Crippen molar-refractivity contribution in [1.29, 1.82) is 0 Å². The summed E-state index contributed by atoms with van der Waals surface area (Å²) in [4.78, 5) is 22.8. The maximum absolute atomic E-state index is 11.6. The van der Waals surface area contributed by atoms with Crippen molar-refractivity contribution in [2.75, 3.05) is 17.2 Å². The number of carbonyl (C=O) groups excluding carboxylic acids is 2. The van der Waals surface area contributed by atoms with Crippen molar-refractivity contribution in [3.8, 4) is 0 Å². The summed E-state index contributed by atoms with van der Waals surface area (Å²) in [7, 11) is 0. The lowest BCUT2D eigenvalue weighted by Gasteiger charge is -2.08. The average Bonchev–Trinajstić information content (AvgIpc) is 3.13. The van der Waals surface area contributed by atoms with E-state index in [2.05, 4.69) is 10.6 Å². The van der Waals surface area contributed by atoms with Crippen LogP contribution < -0.4 is 10.6 Å². The fourth-order valence-electron chi connectivity index (χ4n) is 1.55. The molecular formula is C13H16N2O3. The molecule has 0 bridgehead atoms. The first-order chi connectivity index (χ1) is 8.69. The van der Waals surface area contributed by atoms with Gasteiger partial charge >= 0.3 is 6.09 Å². The number of hydrogen-bond acceptors (Lipinski definition) is 3. The minimum absolute atomic E-state index is 0.0447. The molecule has 96 valence electrons. The molecule has 2 rings (SSSR count). The second kappa shape index (κ2) is 5.53. The Bertz CT molecular complexity index is 455. The predicted octanol–water partition coefficient (Wildman–Crippen LogP) is 2.60. The SMILES string of the molecule is CCOC(=O)Nc1cccc(NC(=O)C2CC2)c1. The normalized spacial score (nSPS) is 13.8. The molecule has 0 radical (unpaired) electrons. The van der Waals surface area contributed by atoms with Gasteiger partial charge in [0.2, 0.25) is 5.91 Å². The lowest BCUT2D eigenvalue weighted by atomic mass is 10.2. The Morgan fingerprint density at radius 3 is 2.56 bits per heavy atom. The number of ether oxygens (including phenoxy) is 1. The molecule has 1 aromatic carbocycles. The van der Waals surface area contributed by atoms with Gasteiger partial charge in [-0.15, -0.1) is 0 Å². The number of anilines is 2. The highest BCUT2D eigenvalue weighted by atomic mass is 16.5. The average molecular weight is 248 g/mol. The molecule has 0 aliphatic heterocycles. The summed E-state index contributed by atoms with van der Waals surface area (Å²) < 4.78 is 4.78. The molecule has 1 aliphatic rings. The van der Waals surface area contributed by atoms with Gasteiger partial charge in [0.25, 0.3) is 0 Å². The van der Waals surface area contributed by atoms with Gasteiger partial charge in [-0.1, -0.05) is 6.07 Å². The molecular weight excluding hydrogens is 232 g/mol. The van der Waals surface area contributed by atoms with Crippen LogP contribution in [0.4, 0.5) is 16.2 Å². The van der Waals surface area contributed by atoms with E-state index in [1.165, 1.54) is 0 Å². The van der Waals surface area contributed by atoms with Gasteiger partial charge in [0, 0.05) is 17.3 Å². The van der Waals surface area contributed by atoms with E-state index >= 15 is 0 Å². The first kappa shape index (κ1) is 12.4. The summed E-state index contributed by atoms with van der Waals surface area (Å²) in [5.74, 6) is 0.204. The molecule has 18 heavy (non-hydrogen) atoms. The number of nitrogens with one attached hydrogen (secondary N) is 2. The minimum Gasteiger partial charge on any atom is -0.450 e. The van der Waals surface area contributed by atoms with E-state index in [-0.39, 0.29) is 11.8 Å². The van der Waals surface area contributed by atoms with Crippen LogP contribution in [-0.4, -0.2) is 18.6 Å². The van der Waals surface area contributed by atoms with E-state index in [0.717, 1.165) is 12.8 Å². The van der Waals surface area contributed by atoms with Crippen LogP contribution in [0.25, 0.3) is 0 Å². The monoisotopic (exact) mass is 248 g/mol. The first-order valence-electron chi connectivity index (χ1n) is 6.03. The fraction of sp³-hybridized carbons (Fsp3) is 0.385. The zero-order valence-electron chi connectivity index (χ0n) is 10.2. The molecule has 0 saturated heterocycles. The number of benzene rings is 1. The Balaban J connectivity index is 1.95. The molecule has 0 atom stereocenters. The third-order valence-corrected chi connectivity index (χ3v) is 2.60. The van der Waals surface area contributed by atoms with Gasteiger partial charge in [-0.25, -0.2) is 4.79 Å². The Labute approximate surface area is 106 Å². The molecule has 1 saturated carbocycles. The molecule has 5 heteroatoms. The van der Waals surface area contributed by atoms with Gasteiger partial charge in [0.15, 0.2) is 0 Å². The molecule has 0 unspecified atom stereocenters. The maximum atomic E-state index is 11.6. The zero-order chi connectivity index (χ0) is 13.0. The molecule has 1 aliphatic carbocycles. The van der Waals surface area contributed by atoms with Gasteiger partial charge in [-0.3, -0.25) is 10.1 Å². The van der Waals surface area contributed by atoms with Crippen LogP contribution in [0.2, 0.25) is 0 Å². The van der Waals surface area contributed by atoms with Crippen LogP contribution in [0, 0.1) is 5.92 Å². The molecule has 2 amide bonds. The second-order valence-corrected chi connectivity index (χ2v) is 4.19. The molecule has 1 aromatic rings. The van der Waals surface area contributed by atoms with Crippen molar-refractivity contribution in [2.45, 2.75) is 19.8 Å². The first-order valence-corrected chi connectivity index (χ1v) is 6.03. The summed E-state index contributed by atoms with van der Waals surface area (Å²) in [6, 6.07) is 7.00. The molecule has 0 heterocycles. The van der Waals surface area contributed by atoms with Gasteiger partial charge in [-0.2, -0.15) is 0 Å². The second-order valence-electron chi connectivity index (χ2n) is 4.19. The van der Waals surface area contributed by atoms with E-state index in [1.807, 2.05) is 0 Å². The lowest BCUT2D eigenvalue weighted by molar-refractivity contribution is -0.117. The number of amides is 2. The fourth-order valence-corrected chi connectivity index (χ4v) is 1.55. The van der Waals surface area contributed by atoms with Crippen LogP contribution in [0.1, 0.15) is 19.8 Å². The van der Waals surface area contributed by atoms with Crippen LogP contribution in [-0.2, 0) is 9.53 Å². The van der Waals surface area contributed by atoms with Crippen molar-refractivity contribution in [3.05, 3.63) is 24.3 Å². The number of rotatable bonds is 4. The summed E-state index contributed by atoms with van der Waals surface area (Å²) in [6.45, 7) is 2.07. The summed E-state index contributed by atoms with van der Waals surface area (Å²) in [5.41, 5.74) is 1.28. The number of carbonyl (C=O) groups is 2. The van der Waals surface area contributed by atoms with Gasteiger partial charge in [-0.05, 0) is 38.0 Å². The smallest absolute Gasteiger partial charge is 0.411 e. The highest BCUT2D eigenvalue weighted by Crippen LogP contribution is 2.30. The van der Waals surface area contributed by atoms with Gasteiger partial charge in [0.1, 0.15) is 0 Å². The molecule has 2 N–H and O–H groups in total. The van der Waals surface area contributed by atoms with E-state index in [0.29, 0.717) is 18.0 Å². The largest absolute Gasteiger partial charge is 0.450 e. The summed E-state index contributed by atoms with van der Waals surface area (Å²) in [6.07, 6.45) is 1.43. The van der Waals surface area contributed by atoms with E-state index < -0.39 is 6.09 Å². The lowest BCUT2D eigenvalue weighted by Crippen LogP contribution is -2.15. The van der Waals surface area contributed by atoms with Gasteiger partial charge < -0.3 is 10.1 Å². The molecule has 0 aromatic heterocycles. The standard InChI is InChI=1S/C13H16N2O3/c1-2-18-13(17)15-11-5-3-4-10(8-11)14-12(16)9-6-7-9/h3-5,8-9H,2,6-7H2,1H3,(H,14,16)(H,15,17). The number of hydrogen-bond donors (Lipinski definition) is 2. The third-order valence-electron chi connectivity index (χ3n) is 2.60. The van der Waals surface area contributed by atoms with Crippen molar-refractivity contribution in [1.82, 2.24) is 0 Å². The topological polar surface area (TPSA) is 67.4 Å². The minimum atomic E-state index is -0.497. The van der Waals surface area contributed by atoms with Crippen LogP contribution in [0.3, 0.4) is 0 Å². The molecule has 1 fully saturated rings. The van der Waals surface area contributed by atoms with Crippen molar-refractivity contribution in [2.24, 2.45) is 5.92 Å². The van der Waals surface area contributed by atoms with Crippen molar-refractivity contribution < 1.29 is 14.3 Å². The Hall–Kier alpha value is -2.04. The zero-order valence-corrected chi connectivity index (χ0v) is 10.2. The van der Waals surface area contributed by atoms with Gasteiger partial charge in [0.05, 0.1) is 6.61 Å².